The standard InChI is InChI=1S/C16H21NO2S/c1-4-5-13-15(9-18)20-16(17-13)10-19-14-7-6-11(2)8-12(14)3/h6-8,18H,4-5,9-10H2,1-3H3. The molecule has 1 aromatic carbocycles. The third-order valence-electron chi connectivity index (χ3n) is 3.13. The predicted octanol–water partition coefficient (Wildman–Crippen LogP) is 3.78. The van der Waals surface area contributed by atoms with Gasteiger partial charge in [0.25, 0.3) is 0 Å². The van der Waals surface area contributed by atoms with Gasteiger partial charge in [-0.3, -0.25) is 0 Å². The Bertz CT molecular complexity index is 578. The maximum absolute atomic E-state index is 9.35. The molecule has 108 valence electrons. The van der Waals surface area contributed by atoms with Crippen molar-refractivity contribution in [2.45, 2.75) is 46.8 Å². The molecule has 20 heavy (non-hydrogen) atoms. The highest BCUT2D eigenvalue weighted by Gasteiger charge is 2.10. The lowest BCUT2D eigenvalue weighted by Crippen LogP contribution is -1.97. The molecular weight excluding hydrogens is 270 g/mol. The van der Waals surface area contributed by atoms with Gasteiger partial charge in [0.1, 0.15) is 17.4 Å². The number of hydrogen-bond donors (Lipinski definition) is 1. The Labute approximate surface area is 124 Å². The van der Waals surface area contributed by atoms with Gasteiger partial charge in [-0.15, -0.1) is 11.3 Å². The Morgan fingerprint density at radius 1 is 1.30 bits per heavy atom. The molecular formula is C16H21NO2S. The summed E-state index contributed by atoms with van der Waals surface area (Å²) in [6.07, 6.45) is 1.95. The van der Waals surface area contributed by atoms with Crippen molar-refractivity contribution < 1.29 is 9.84 Å². The van der Waals surface area contributed by atoms with E-state index >= 15 is 0 Å². The Balaban J connectivity index is 2.06. The first-order chi connectivity index (χ1) is 9.63. The largest absolute Gasteiger partial charge is 0.486 e. The van der Waals surface area contributed by atoms with Crippen LogP contribution in [0.15, 0.2) is 18.2 Å². The van der Waals surface area contributed by atoms with Crippen LogP contribution < -0.4 is 4.74 Å². The zero-order valence-electron chi connectivity index (χ0n) is 12.3. The average molecular weight is 291 g/mol. The van der Waals surface area contributed by atoms with Crippen molar-refractivity contribution in [1.29, 1.82) is 0 Å². The van der Waals surface area contributed by atoms with Gasteiger partial charge in [-0.1, -0.05) is 31.0 Å². The number of aryl methyl sites for hydroxylation is 3. The quantitative estimate of drug-likeness (QED) is 0.880. The van der Waals surface area contributed by atoms with Crippen molar-refractivity contribution in [3.05, 3.63) is 44.9 Å². The molecule has 0 saturated heterocycles. The first kappa shape index (κ1) is 15.0. The third-order valence-corrected chi connectivity index (χ3v) is 4.19. The van der Waals surface area contributed by atoms with Crippen LogP contribution in [0.25, 0.3) is 0 Å². The summed E-state index contributed by atoms with van der Waals surface area (Å²) in [6.45, 7) is 6.77. The van der Waals surface area contributed by atoms with Crippen molar-refractivity contribution in [3.63, 3.8) is 0 Å². The van der Waals surface area contributed by atoms with E-state index in [4.69, 9.17) is 4.74 Å². The summed E-state index contributed by atoms with van der Waals surface area (Å²) in [5, 5.41) is 10.3. The molecule has 0 saturated carbocycles. The Hall–Kier alpha value is -1.39. The second kappa shape index (κ2) is 6.86. The van der Waals surface area contributed by atoms with E-state index in [0.29, 0.717) is 6.61 Å². The van der Waals surface area contributed by atoms with Crippen LogP contribution in [0.2, 0.25) is 0 Å². The number of hydrogen-bond acceptors (Lipinski definition) is 4. The first-order valence-electron chi connectivity index (χ1n) is 6.92. The highest BCUT2D eigenvalue weighted by molar-refractivity contribution is 7.11. The Morgan fingerprint density at radius 2 is 2.10 bits per heavy atom. The van der Waals surface area contributed by atoms with Crippen molar-refractivity contribution in [2.24, 2.45) is 0 Å². The van der Waals surface area contributed by atoms with E-state index in [1.165, 1.54) is 5.56 Å². The van der Waals surface area contributed by atoms with Gasteiger partial charge in [-0.2, -0.15) is 0 Å². The number of rotatable bonds is 6. The summed E-state index contributed by atoms with van der Waals surface area (Å²) in [7, 11) is 0. The molecule has 0 aliphatic heterocycles. The number of aliphatic hydroxyl groups excluding tert-OH is 1. The van der Waals surface area contributed by atoms with Crippen molar-refractivity contribution in [1.82, 2.24) is 4.98 Å². The summed E-state index contributed by atoms with van der Waals surface area (Å²) < 4.78 is 5.84. The van der Waals surface area contributed by atoms with Gasteiger partial charge < -0.3 is 9.84 Å². The molecule has 0 aliphatic carbocycles. The molecule has 4 heteroatoms. The molecule has 0 spiro atoms. The topological polar surface area (TPSA) is 42.4 Å². The number of aliphatic hydroxyl groups is 1. The second-order valence-corrected chi connectivity index (χ2v) is 6.11. The van der Waals surface area contributed by atoms with Crippen LogP contribution in [0.4, 0.5) is 0 Å². The summed E-state index contributed by atoms with van der Waals surface area (Å²) in [4.78, 5) is 5.53. The molecule has 0 atom stereocenters. The number of aromatic nitrogens is 1. The summed E-state index contributed by atoms with van der Waals surface area (Å²) >= 11 is 1.54. The SMILES string of the molecule is CCCc1nc(COc2ccc(C)cc2C)sc1CO. The number of thiazole rings is 1. The minimum Gasteiger partial charge on any atom is -0.486 e. The lowest BCUT2D eigenvalue weighted by Gasteiger charge is -2.08. The smallest absolute Gasteiger partial charge is 0.140 e. The van der Waals surface area contributed by atoms with Crippen molar-refractivity contribution in [3.8, 4) is 5.75 Å². The van der Waals surface area contributed by atoms with Crippen molar-refractivity contribution in [2.75, 3.05) is 0 Å². The summed E-state index contributed by atoms with van der Waals surface area (Å²) in [6, 6.07) is 6.16. The fourth-order valence-electron chi connectivity index (χ4n) is 2.15. The molecule has 1 heterocycles. The van der Waals surface area contributed by atoms with E-state index in [0.717, 1.165) is 39.7 Å². The molecule has 2 rings (SSSR count). The van der Waals surface area contributed by atoms with Gasteiger partial charge in [-0.05, 0) is 31.9 Å². The maximum atomic E-state index is 9.35. The van der Waals surface area contributed by atoms with Crippen LogP contribution in [-0.2, 0) is 19.6 Å². The molecule has 0 radical (unpaired) electrons. The summed E-state index contributed by atoms with van der Waals surface area (Å²) in [5.41, 5.74) is 3.38. The van der Waals surface area contributed by atoms with E-state index in [1.54, 1.807) is 11.3 Å². The highest BCUT2D eigenvalue weighted by Crippen LogP contribution is 2.24. The van der Waals surface area contributed by atoms with E-state index in [1.807, 2.05) is 19.1 Å². The molecule has 1 N–H and O–H groups in total. The van der Waals surface area contributed by atoms with Gasteiger partial charge in [-0.25, -0.2) is 4.98 Å². The maximum Gasteiger partial charge on any atom is 0.140 e. The first-order valence-corrected chi connectivity index (χ1v) is 7.74. The average Bonchev–Trinajstić information content (AvgIpc) is 2.80. The van der Waals surface area contributed by atoms with E-state index in [2.05, 4.69) is 24.9 Å². The van der Waals surface area contributed by atoms with Gasteiger partial charge in [0.05, 0.1) is 17.2 Å². The lowest BCUT2D eigenvalue weighted by atomic mass is 10.1. The van der Waals surface area contributed by atoms with Gasteiger partial charge >= 0.3 is 0 Å². The molecule has 0 aliphatic rings. The fraction of sp³-hybridized carbons (Fsp3) is 0.438. The lowest BCUT2D eigenvalue weighted by molar-refractivity contribution is 0.284. The normalized spacial score (nSPS) is 10.8. The predicted molar refractivity (Wildman–Crippen MR) is 82.3 cm³/mol. The number of nitrogens with zero attached hydrogens (tertiary/aromatic N) is 1. The van der Waals surface area contributed by atoms with Gasteiger partial charge in [0, 0.05) is 0 Å². The van der Waals surface area contributed by atoms with Gasteiger partial charge in [0.15, 0.2) is 0 Å². The molecule has 0 bridgehead atoms. The molecule has 0 unspecified atom stereocenters. The zero-order chi connectivity index (χ0) is 14.5. The van der Waals surface area contributed by atoms with Crippen LogP contribution in [0.3, 0.4) is 0 Å². The molecule has 2 aromatic rings. The second-order valence-electron chi connectivity index (χ2n) is 4.94. The third kappa shape index (κ3) is 3.58. The fourth-order valence-corrected chi connectivity index (χ4v) is 3.04. The van der Waals surface area contributed by atoms with E-state index in [9.17, 15) is 5.11 Å². The van der Waals surface area contributed by atoms with E-state index in [-0.39, 0.29) is 6.61 Å². The molecule has 3 nitrogen and oxygen atoms in total. The summed E-state index contributed by atoms with van der Waals surface area (Å²) in [5.74, 6) is 0.897. The van der Waals surface area contributed by atoms with Crippen LogP contribution in [0.5, 0.6) is 5.75 Å². The minimum atomic E-state index is 0.0660. The van der Waals surface area contributed by atoms with Crippen LogP contribution in [-0.4, -0.2) is 10.1 Å². The molecule has 0 fully saturated rings. The molecule has 0 amide bonds. The highest BCUT2D eigenvalue weighted by atomic mass is 32.1. The number of benzene rings is 1. The van der Waals surface area contributed by atoms with Crippen LogP contribution >= 0.6 is 11.3 Å². The van der Waals surface area contributed by atoms with Crippen LogP contribution in [0.1, 0.15) is 40.1 Å². The minimum absolute atomic E-state index is 0.0660. The van der Waals surface area contributed by atoms with E-state index < -0.39 is 0 Å². The van der Waals surface area contributed by atoms with Gasteiger partial charge in [0.2, 0.25) is 0 Å². The molecule has 1 aromatic heterocycles. The Morgan fingerprint density at radius 3 is 2.75 bits per heavy atom. The Kier molecular flexibility index (Phi) is 5.15. The number of ether oxygens (including phenoxy) is 1. The van der Waals surface area contributed by atoms with Crippen molar-refractivity contribution >= 4 is 11.3 Å². The monoisotopic (exact) mass is 291 g/mol. The van der Waals surface area contributed by atoms with Crippen LogP contribution in [0, 0.1) is 13.8 Å². The zero-order valence-corrected chi connectivity index (χ0v) is 13.1.